The van der Waals surface area contributed by atoms with Crippen molar-refractivity contribution in [2.75, 3.05) is 0 Å². The van der Waals surface area contributed by atoms with E-state index in [4.69, 9.17) is 12.7 Å². The van der Waals surface area contributed by atoms with E-state index in [1.807, 2.05) is 12.1 Å². The molecule has 2 aromatic heterocycles. The zero-order valence-corrected chi connectivity index (χ0v) is 31.5. The number of aryl methyl sites for hydroxylation is 2. The van der Waals surface area contributed by atoms with Gasteiger partial charge in [-0.1, -0.05) is 139 Å². The molecule has 5 aromatic rings. The largest absolute Gasteiger partial charge is 0.253 e. The van der Waals surface area contributed by atoms with Gasteiger partial charge in [-0.25, -0.2) is 0 Å². The van der Waals surface area contributed by atoms with Gasteiger partial charge in [-0.2, -0.15) is 0 Å². The van der Waals surface area contributed by atoms with Crippen molar-refractivity contribution in [3.8, 4) is 44.8 Å². The second kappa shape index (κ2) is 19.9. The third-order valence-electron chi connectivity index (χ3n) is 10.3. The molecule has 0 atom stereocenters. The molecule has 0 N–H and O–H groups in total. The van der Waals surface area contributed by atoms with Crippen molar-refractivity contribution >= 4 is 5.57 Å². The fraction of sp³-hybridized carbons (Fsp3) is 0.360. The molecule has 1 aliphatic rings. The number of benzene rings is 3. The molecular formula is C50H58N2. The molecule has 0 radical (unpaired) electrons. The minimum atomic E-state index is -1.38. The van der Waals surface area contributed by atoms with Crippen molar-refractivity contribution in [2.45, 2.75) is 117 Å². The molecule has 2 heteroatoms. The number of unbranched alkanes of at least 4 members (excludes halogenated alkanes) is 10. The smallest absolute Gasteiger partial charge is 0.0705 e. The molecule has 0 aliphatic heterocycles. The van der Waals surface area contributed by atoms with E-state index in [0.717, 1.165) is 80.1 Å². The van der Waals surface area contributed by atoms with Crippen molar-refractivity contribution < 1.29 is 2.74 Å². The highest BCUT2D eigenvalue weighted by molar-refractivity contribution is 5.84. The summed E-state index contributed by atoms with van der Waals surface area (Å²) in [7, 11) is 0. The highest BCUT2D eigenvalue weighted by Crippen LogP contribution is 2.37. The van der Waals surface area contributed by atoms with Gasteiger partial charge in [-0.05, 0) is 133 Å². The topological polar surface area (TPSA) is 25.8 Å². The zero-order chi connectivity index (χ0) is 37.6. The number of pyridine rings is 2. The number of hydrogen-bond donors (Lipinski definition) is 0. The van der Waals surface area contributed by atoms with E-state index in [2.05, 4.69) is 117 Å². The van der Waals surface area contributed by atoms with Crippen LogP contribution in [0, 0.1) is 0 Å². The van der Waals surface area contributed by atoms with Crippen LogP contribution in [0.2, 0.25) is 0 Å². The van der Waals surface area contributed by atoms with Crippen LogP contribution in [-0.2, 0) is 12.8 Å². The Kier molecular flexibility index (Phi) is 13.2. The summed E-state index contributed by atoms with van der Waals surface area (Å²) in [6.07, 6.45) is 21.8. The van der Waals surface area contributed by atoms with Crippen LogP contribution in [0.25, 0.3) is 50.3 Å². The van der Waals surface area contributed by atoms with E-state index < -0.39 is 6.37 Å². The maximum atomic E-state index is 8.51. The summed E-state index contributed by atoms with van der Waals surface area (Å²) >= 11 is 0. The van der Waals surface area contributed by atoms with Crippen molar-refractivity contribution in [3.63, 3.8) is 0 Å². The molecule has 0 bridgehead atoms. The number of nitrogens with zero attached hydrogens (tertiary/aromatic N) is 2. The fourth-order valence-electron chi connectivity index (χ4n) is 7.26. The maximum absolute atomic E-state index is 8.51. The predicted octanol–water partition coefficient (Wildman–Crippen LogP) is 14.7. The molecular weight excluding hydrogens is 629 g/mol. The average Bonchev–Trinajstić information content (AvgIpc) is 3.20. The molecule has 0 spiro atoms. The van der Waals surface area contributed by atoms with Crippen LogP contribution in [-0.4, -0.2) is 9.97 Å². The van der Waals surface area contributed by atoms with Crippen molar-refractivity contribution in [1.82, 2.24) is 9.97 Å². The number of aromatic nitrogens is 2. The Morgan fingerprint density at radius 2 is 0.962 bits per heavy atom. The van der Waals surface area contributed by atoms with Crippen molar-refractivity contribution in [3.05, 3.63) is 138 Å². The van der Waals surface area contributed by atoms with Gasteiger partial charge in [0.2, 0.25) is 0 Å². The van der Waals surface area contributed by atoms with Gasteiger partial charge in [0.1, 0.15) is 0 Å². The second-order valence-corrected chi connectivity index (χ2v) is 14.5. The van der Waals surface area contributed by atoms with Crippen LogP contribution < -0.4 is 0 Å². The zero-order valence-electron chi connectivity index (χ0n) is 33.5. The first kappa shape index (κ1) is 34.5. The molecule has 3 aromatic carbocycles. The van der Waals surface area contributed by atoms with Gasteiger partial charge in [-0.3, -0.25) is 9.97 Å². The third-order valence-corrected chi connectivity index (χ3v) is 10.3. The van der Waals surface area contributed by atoms with Crippen LogP contribution in [0.3, 0.4) is 0 Å². The maximum Gasteiger partial charge on any atom is 0.0705 e. The average molecular weight is 689 g/mol. The molecule has 52 heavy (non-hydrogen) atoms. The highest BCUT2D eigenvalue weighted by Gasteiger charge is 2.14. The van der Waals surface area contributed by atoms with Gasteiger partial charge in [0.05, 0.1) is 11.4 Å². The summed E-state index contributed by atoms with van der Waals surface area (Å²) in [5.41, 5.74) is 12.9. The quantitative estimate of drug-likeness (QED) is 0.0807. The van der Waals surface area contributed by atoms with Gasteiger partial charge in [0, 0.05) is 25.3 Å². The molecule has 6 rings (SSSR count). The molecule has 1 aliphatic carbocycles. The Morgan fingerprint density at radius 3 is 1.52 bits per heavy atom. The standard InChI is InChI=1S/C50H58N2/c1-3-5-7-9-11-19-27-47-29-21-31-49(51-47)45-36-44(37-46(38-45)50-32-22-30-48(52-50)28-20-12-10-8-6-4-2)43-34-41(39-23-15-13-16-24-39)33-42(35-43)40-25-17-14-18-26-40/h13-17,21-25,29-38H,3-12,18-20,26-28H2,1-2H3/i18D2. The van der Waals surface area contributed by atoms with E-state index in [-0.39, 0.29) is 0 Å². The minimum Gasteiger partial charge on any atom is -0.253 e. The van der Waals surface area contributed by atoms with E-state index in [1.54, 1.807) is 6.08 Å². The molecule has 268 valence electrons. The van der Waals surface area contributed by atoms with Gasteiger partial charge in [0.25, 0.3) is 0 Å². The first-order valence-electron chi connectivity index (χ1n) is 21.1. The fourth-order valence-corrected chi connectivity index (χ4v) is 7.26. The van der Waals surface area contributed by atoms with Crippen LogP contribution in [0.15, 0.2) is 121 Å². The Labute approximate surface area is 317 Å². The second-order valence-electron chi connectivity index (χ2n) is 14.5. The van der Waals surface area contributed by atoms with Crippen molar-refractivity contribution in [2.24, 2.45) is 0 Å². The van der Waals surface area contributed by atoms with Gasteiger partial charge >= 0.3 is 0 Å². The van der Waals surface area contributed by atoms with Gasteiger partial charge < -0.3 is 0 Å². The van der Waals surface area contributed by atoms with E-state index >= 15 is 0 Å². The lowest BCUT2D eigenvalue weighted by molar-refractivity contribution is 0.605. The lowest BCUT2D eigenvalue weighted by Gasteiger charge is -2.16. The number of hydrogen-bond acceptors (Lipinski definition) is 2. The Morgan fingerprint density at radius 1 is 0.481 bits per heavy atom. The van der Waals surface area contributed by atoms with Crippen LogP contribution in [0.1, 0.15) is 123 Å². The Balaban J connectivity index is 1.40. The van der Waals surface area contributed by atoms with E-state index in [9.17, 15) is 0 Å². The molecule has 2 heterocycles. The van der Waals surface area contributed by atoms with Gasteiger partial charge in [-0.15, -0.1) is 0 Å². The predicted molar refractivity (Wildman–Crippen MR) is 224 cm³/mol. The number of rotatable bonds is 19. The summed E-state index contributed by atoms with van der Waals surface area (Å²) in [6, 6.07) is 37.0. The molecule has 0 saturated carbocycles. The SMILES string of the molecule is [2H]C1([2H])C=CC=C(c2cc(-c3ccccc3)cc(-c3cc(-c4cccc(CCCCCCCC)n4)cc(-c4cccc(CCCCCCCC)n4)c3)c2)C1. The van der Waals surface area contributed by atoms with Crippen LogP contribution in [0.4, 0.5) is 0 Å². The summed E-state index contributed by atoms with van der Waals surface area (Å²) in [5, 5.41) is 0. The lowest BCUT2D eigenvalue weighted by atomic mass is 9.89. The summed E-state index contributed by atoms with van der Waals surface area (Å²) in [6.45, 7) is 4.54. The highest BCUT2D eigenvalue weighted by atomic mass is 14.7. The molecule has 0 fully saturated rings. The monoisotopic (exact) mass is 688 g/mol. The third kappa shape index (κ3) is 10.7. The summed E-state index contributed by atoms with van der Waals surface area (Å²) in [4.78, 5) is 10.5. The van der Waals surface area contributed by atoms with E-state index in [0.29, 0.717) is 6.42 Å². The molecule has 0 saturated heterocycles. The molecule has 0 amide bonds. The Hall–Kier alpha value is -4.56. The summed E-state index contributed by atoms with van der Waals surface area (Å²) in [5.74, 6) is 0. The molecule has 0 unspecified atom stereocenters. The first-order valence-corrected chi connectivity index (χ1v) is 20.1. The van der Waals surface area contributed by atoms with Crippen molar-refractivity contribution in [1.29, 1.82) is 0 Å². The van der Waals surface area contributed by atoms with Crippen LogP contribution in [0.5, 0.6) is 0 Å². The lowest BCUT2D eigenvalue weighted by Crippen LogP contribution is -1.96. The number of allylic oxidation sites excluding steroid dienone is 4. The first-order chi connectivity index (χ1) is 26.4. The molecule has 2 nitrogen and oxygen atoms in total. The minimum absolute atomic E-state index is 0.344. The summed E-state index contributed by atoms with van der Waals surface area (Å²) < 4.78 is 17.0. The Bertz CT molecular complexity index is 1930. The van der Waals surface area contributed by atoms with E-state index in [1.165, 1.54) is 77.0 Å². The normalized spacial score (nSPS) is 14.2. The van der Waals surface area contributed by atoms with Gasteiger partial charge in [0.15, 0.2) is 0 Å². The van der Waals surface area contributed by atoms with Crippen LogP contribution >= 0.6 is 0 Å².